The second kappa shape index (κ2) is 12.2. The van der Waals surface area contributed by atoms with Gasteiger partial charge in [0.15, 0.2) is 11.3 Å². The zero-order chi connectivity index (χ0) is 29.1. The summed E-state index contributed by atoms with van der Waals surface area (Å²) in [5.41, 5.74) is 1.47. The van der Waals surface area contributed by atoms with E-state index in [1.165, 1.54) is 23.7 Å². The van der Waals surface area contributed by atoms with Gasteiger partial charge in [0.1, 0.15) is 17.0 Å². The second-order valence-electron chi connectivity index (χ2n) is 9.57. The number of hydrogen-bond acceptors (Lipinski definition) is 10. The van der Waals surface area contributed by atoms with E-state index in [0.717, 1.165) is 9.78 Å². The molecule has 4 aromatic rings. The number of piperazine rings is 1. The molecule has 5 rings (SSSR count). The van der Waals surface area contributed by atoms with Crippen LogP contribution in [0.2, 0.25) is 0 Å². The molecule has 0 aliphatic carbocycles. The fraction of sp³-hybridized carbons (Fsp3) is 0.423. The van der Waals surface area contributed by atoms with E-state index in [9.17, 15) is 13.2 Å². The largest absolute Gasteiger partial charge is 0.475 e. The third kappa shape index (κ3) is 5.83. The quantitative estimate of drug-likeness (QED) is 0.246. The van der Waals surface area contributed by atoms with Gasteiger partial charge < -0.3 is 14.4 Å². The fourth-order valence-electron chi connectivity index (χ4n) is 4.63. The van der Waals surface area contributed by atoms with Crippen LogP contribution in [-0.2, 0) is 27.7 Å². The predicted octanol–water partition coefficient (Wildman–Crippen LogP) is 1.62. The summed E-state index contributed by atoms with van der Waals surface area (Å²) in [5, 5.41) is 4.51. The van der Waals surface area contributed by atoms with Gasteiger partial charge in [0.25, 0.3) is 5.56 Å². The van der Waals surface area contributed by atoms with Gasteiger partial charge in [-0.3, -0.25) is 14.5 Å². The molecule has 0 N–H and O–H groups in total. The maximum absolute atomic E-state index is 13.6. The molecule has 1 saturated heterocycles. The average Bonchev–Trinajstić information content (AvgIpc) is 3.33. The summed E-state index contributed by atoms with van der Waals surface area (Å²) in [7, 11) is -0.408. The molecule has 0 bridgehead atoms. The number of sulfonamides is 1. The molecule has 1 fully saturated rings. The molecule has 0 amide bonds. The normalized spacial score (nSPS) is 15.0. The molecular formula is C26H31ClN8O5S. The Morgan fingerprint density at radius 1 is 1.07 bits per heavy atom. The monoisotopic (exact) mass is 602 g/mol. The molecule has 15 heteroatoms. The maximum Gasteiger partial charge on any atom is 0.297 e. The molecule has 4 aromatic heterocycles. The number of pyridine rings is 2. The predicted molar refractivity (Wildman–Crippen MR) is 153 cm³/mol. The fourth-order valence-corrected chi connectivity index (χ4v) is 6.23. The van der Waals surface area contributed by atoms with Crippen LogP contribution in [0.25, 0.3) is 22.4 Å². The lowest BCUT2D eigenvalue weighted by atomic mass is 10.2. The van der Waals surface area contributed by atoms with Crippen LogP contribution in [0, 0.1) is 0 Å². The lowest BCUT2D eigenvalue weighted by Crippen LogP contribution is -2.47. The SMILES string of the molecule is CCc1c2nc(-c3cc(S(=O)(=O)N4CCN(C)CC4)cnc3OCCOC)n(Cl)c(=O)c2nn1Cc1ccccn1. The van der Waals surface area contributed by atoms with Crippen molar-refractivity contribution in [1.82, 2.24) is 38.0 Å². The van der Waals surface area contributed by atoms with E-state index in [2.05, 4.69) is 20.0 Å². The number of aromatic nitrogens is 6. The van der Waals surface area contributed by atoms with E-state index in [1.807, 2.05) is 32.2 Å². The van der Waals surface area contributed by atoms with Crippen molar-refractivity contribution >= 4 is 32.8 Å². The number of ether oxygens (including phenoxy) is 2. The third-order valence-electron chi connectivity index (χ3n) is 6.88. The Balaban J connectivity index is 1.64. The van der Waals surface area contributed by atoms with Gasteiger partial charge in [-0.05, 0) is 31.7 Å². The number of rotatable bonds is 10. The number of hydrogen-bond donors (Lipinski definition) is 0. The summed E-state index contributed by atoms with van der Waals surface area (Å²) in [6.45, 7) is 4.59. The zero-order valence-electron chi connectivity index (χ0n) is 23.0. The van der Waals surface area contributed by atoms with Gasteiger partial charge in [0.05, 0.1) is 36.3 Å². The molecule has 0 aromatic carbocycles. The van der Waals surface area contributed by atoms with E-state index < -0.39 is 15.6 Å². The van der Waals surface area contributed by atoms with E-state index in [4.69, 9.17) is 26.2 Å². The minimum absolute atomic E-state index is 0.00778. The number of methoxy groups -OCH3 is 1. The van der Waals surface area contributed by atoms with Gasteiger partial charge in [0.2, 0.25) is 15.9 Å². The van der Waals surface area contributed by atoms with Gasteiger partial charge in [-0.2, -0.15) is 13.5 Å². The molecule has 0 saturated carbocycles. The van der Waals surface area contributed by atoms with Crippen molar-refractivity contribution in [3.05, 3.63) is 58.4 Å². The van der Waals surface area contributed by atoms with Crippen LogP contribution in [0.1, 0.15) is 18.3 Å². The van der Waals surface area contributed by atoms with Gasteiger partial charge in [0, 0.05) is 51.3 Å². The molecule has 1 aliphatic rings. The summed E-state index contributed by atoms with van der Waals surface area (Å²) in [6.07, 6.45) is 3.46. The number of nitrogens with zero attached hydrogens (tertiary/aromatic N) is 8. The van der Waals surface area contributed by atoms with Crippen LogP contribution in [0.3, 0.4) is 0 Å². The van der Waals surface area contributed by atoms with Crippen LogP contribution in [-0.4, -0.2) is 100.0 Å². The Morgan fingerprint density at radius 3 is 2.54 bits per heavy atom. The van der Waals surface area contributed by atoms with Gasteiger partial charge in [-0.1, -0.05) is 13.0 Å². The Kier molecular flexibility index (Phi) is 8.66. The molecule has 41 heavy (non-hydrogen) atoms. The Labute approximate surface area is 242 Å². The molecule has 5 heterocycles. The van der Waals surface area contributed by atoms with Crippen molar-refractivity contribution in [2.45, 2.75) is 24.8 Å². The lowest BCUT2D eigenvalue weighted by Gasteiger charge is -2.31. The Bertz CT molecular complexity index is 1700. The first-order valence-corrected chi connectivity index (χ1v) is 14.9. The Hall–Kier alpha value is -3.43. The number of likely N-dealkylation sites (N-methyl/N-ethyl adjacent to an activating group) is 1. The molecule has 13 nitrogen and oxygen atoms in total. The van der Waals surface area contributed by atoms with Gasteiger partial charge >= 0.3 is 0 Å². The third-order valence-corrected chi connectivity index (χ3v) is 9.06. The molecular weight excluding hydrogens is 572 g/mol. The summed E-state index contributed by atoms with van der Waals surface area (Å²) in [4.78, 5) is 28.9. The summed E-state index contributed by atoms with van der Waals surface area (Å²) in [6, 6.07) is 6.97. The highest BCUT2D eigenvalue weighted by Crippen LogP contribution is 2.32. The van der Waals surface area contributed by atoms with Crippen LogP contribution < -0.4 is 10.3 Å². The minimum Gasteiger partial charge on any atom is -0.475 e. The van der Waals surface area contributed by atoms with E-state index in [-0.39, 0.29) is 40.9 Å². The highest BCUT2D eigenvalue weighted by Gasteiger charge is 2.30. The van der Waals surface area contributed by atoms with Crippen molar-refractivity contribution in [3.8, 4) is 17.3 Å². The first-order valence-electron chi connectivity index (χ1n) is 13.1. The maximum atomic E-state index is 13.6. The first-order chi connectivity index (χ1) is 19.7. The first kappa shape index (κ1) is 29.1. The van der Waals surface area contributed by atoms with E-state index >= 15 is 0 Å². The highest BCUT2D eigenvalue weighted by atomic mass is 35.5. The molecule has 0 unspecified atom stereocenters. The number of aryl methyl sites for hydroxylation is 1. The topological polar surface area (TPSA) is 138 Å². The van der Waals surface area contributed by atoms with Gasteiger partial charge in [-0.15, -0.1) is 0 Å². The van der Waals surface area contributed by atoms with E-state index in [1.54, 1.807) is 10.9 Å². The van der Waals surface area contributed by atoms with Crippen LogP contribution in [0.5, 0.6) is 5.88 Å². The van der Waals surface area contributed by atoms with Crippen molar-refractivity contribution < 1.29 is 17.9 Å². The molecule has 1 aliphatic heterocycles. The molecule has 0 atom stereocenters. The van der Waals surface area contributed by atoms with Crippen molar-refractivity contribution in [2.75, 3.05) is 53.6 Å². The van der Waals surface area contributed by atoms with Gasteiger partial charge in [-0.25, -0.2) is 18.4 Å². The van der Waals surface area contributed by atoms with Crippen molar-refractivity contribution in [3.63, 3.8) is 0 Å². The number of fused-ring (bicyclic) bond motifs is 1. The summed E-state index contributed by atoms with van der Waals surface area (Å²) >= 11 is 6.54. The standard InChI is InChI=1S/C26H31ClN8O5S/c1-4-21-22-23(31-34(21)17-18-7-5-6-8-28-18)26(36)35(27)24(30-22)20-15-19(16-29-25(20)40-14-13-39-3)41(37,38)33-11-9-32(2)10-12-33/h5-8,15-16H,4,9-14,17H2,1-3H3. The smallest absolute Gasteiger partial charge is 0.297 e. The zero-order valence-corrected chi connectivity index (χ0v) is 24.6. The van der Waals surface area contributed by atoms with Crippen LogP contribution in [0.15, 0.2) is 46.3 Å². The highest BCUT2D eigenvalue weighted by molar-refractivity contribution is 7.89. The van der Waals surface area contributed by atoms with Crippen molar-refractivity contribution in [2.24, 2.45) is 0 Å². The Morgan fingerprint density at radius 2 is 1.85 bits per heavy atom. The van der Waals surface area contributed by atoms with E-state index in [0.29, 0.717) is 50.4 Å². The number of halogens is 1. The summed E-state index contributed by atoms with van der Waals surface area (Å²) in [5.74, 6) is 0.0607. The van der Waals surface area contributed by atoms with Crippen LogP contribution in [0.4, 0.5) is 0 Å². The minimum atomic E-state index is -3.88. The second-order valence-corrected chi connectivity index (χ2v) is 11.8. The van der Waals surface area contributed by atoms with Crippen LogP contribution >= 0.6 is 11.8 Å². The molecule has 0 radical (unpaired) electrons. The average molecular weight is 603 g/mol. The lowest BCUT2D eigenvalue weighted by molar-refractivity contribution is 0.144. The molecule has 218 valence electrons. The molecule has 0 spiro atoms. The van der Waals surface area contributed by atoms with Crippen molar-refractivity contribution in [1.29, 1.82) is 0 Å². The summed E-state index contributed by atoms with van der Waals surface area (Å²) < 4.78 is 41.9.